The van der Waals surface area contributed by atoms with Crippen molar-refractivity contribution in [2.45, 2.75) is 57.3 Å². The van der Waals surface area contributed by atoms with Crippen molar-refractivity contribution in [3.05, 3.63) is 54.0 Å². The summed E-state index contributed by atoms with van der Waals surface area (Å²) in [7, 11) is 4.63. The van der Waals surface area contributed by atoms with Crippen molar-refractivity contribution in [1.29, 1.82) is 0 Å². The molecule has 2 atom stereocenters. The summed E-state index contributed by atoms with van der Waals surface area (Å²) < 4.78 is 12.8. The lowest BCUT2D eigenvalue weighted by Gasteiger charge is -2.44. The van der Waals surface area contributed by atoms with Gasteiger partial charge in [0.25, 0.3) is 0 Å². The third-order valence-corrected chi connectivity index (χ3v) is 6.45. The number of furan rings is 1. The highest BCUT2D eigenvalue weighted by molar-refractivity contribution is 5.87. The molecule has 1 amide bonds. The number of carbonyl (C=O) groups is 1. The third-order valence-electron chi connectivity index (χ3n) is 6.45. The van der Waals surface area contributed by atoms with Crippen LogP contribution in [0.3, 0.4) is 0 Å². The van der Waals surface area contributed by atoms with Gasteiger partial charge in [-0.1, -0.05) is 18.2 Å². The second-order valence-electron chi connectivity index (χ2n) is 8.43. The number of hydrogen-bond acceptors (Lipinski definition) is 3. The number of carbonyl (C=O) groups excluding carboxylic acids is 1. The molecule has 2 fully saturated rings. The van der Waals surface area contributed by atoms with E-state index in [1.165, 1.54) is 12.8 Å². The first-order valence-corrected chi connectivity index (χ1v) is 9.85. The first-order valence-electron chi connectivity index (χ1n) is 9.85. The smallest absolute Gasteiger partial charge is 0.414 e. The van der Waals surface area contributed by atoms with Gasteiger partial charge < -0.3 is 13.6 Å². The lowest BCUT2D eigenvalue weighted by molar-refractivity contribution is -0.931. The predicted molar refractivity (Wildman–Crippen MR) is 104 cm³/mol. The van der Waals surface area contributed by atoms with Gasteiger partial charge in [0.2, 0.25) is 0 Å². The zero-order valence-electron chi connectivity index (χ0n) is 16.4. The van der Waals surface area contributed by atoms with E-state index in [4.69, 9.17) is 9.15 Å². The number of ether oxygens (including phenoxy) is 1. The van der Waals surface area contributed by atoms with Crippen LogP contribution >= 0.6 is 0 Å². The molecule has 1 aromatic heterocycles. The molecule has 2 bridgehead atoms. The van der Waals surface area contributed by atoms with Gasteiger partial charge in [-0.05, 0) is 31.2 Å². The van der Waals surface area contributed by atoms with Gasteiger partial charge in [0, 0.05) is 31.4 Å². The summed E-state index contributed by atoms with van der Waals surface area (Å²) in [5.74, 6) is 1.60. The minimum Gasteiger partial charge on any atom is -0.464 e. The maximum atomic E-state index is 13.1. The van der Waals surface area contributed by atoms with Gasteiger partial charge >= 0.3 is 6.09 Å². The van der Waals surface area contributed by atoms with Crippen LogP contribution in [0.5, 0.6) is 0 Å². The Kier molecular flexibility index (Phi) is 4.72. The number of para-hydroxylation sites is 1. The average molecular weight is 369 g/mol. The lowest BCUT2D eigenvalue weighted by Crippen LogP contribution is -2.56. The number of rotatable bonds is 4. The van der Waals surface area contributed by atoms with Crippen molar-refractivity contribution in [2.75, 3.05) is 19.0 Å². The molecule has 2 saturated heterocycles. The molecular weight excluding hydrogens is 340 g/mol. The standard InChI is InChI=1S/C22H29N2O3/c1-16-9-12-20(26-16)15-23(17-7-5-4-6-8-17)22(25)27-21-13-18-10-11-19(14-21)24(18,2)3/h4-9,12,18-19,21H,10-11,13-15H2,1-3H3/q+1. The molecule has 0 aliphatic carbocycles. The zero-order chi connectivity index (χ0) is 19.0. The van der Waals surface area contributed by atoms with Crippen LogP contribution in [-0.4, -0.2) is 42.9 Å². The van der Waals surface area contributed by atoms with Crippen molar-refractivity contribution in [2.24, 2.45) is 0 Å². The average Bonchev–Trinajstić information content (AvgIpc) is 3.07. The van der Waals surface area contributed by atoms with Gasteiger partial charge in [-0.25, -0.2) is 4.79 Å². The van der Waals surface area contributed by atoms with Crippen LogP contribution in [0.2, 0.25) is 0 Å². The molecule has 2 aliphatic rings. The highest BCUT2D eigenvalue weighted by atomic mass is 16.6. The summed E-state index contributed by atoms with van der Waals surface area (Å²) in [6.45, 7) is 2.28. The van der Waals surface area contributed by atoms with Gasteiger partial charge in [-0.3, -0.25) is 4.90 Å². The number of amides is 1. The van der Waals surface area contributed by atoms with E-state index in [1.807, 2.05) is 49.4 Å². The number of nitrogens with zero attached hydrogens (tertiary/aromatic N) is 2. The van der Waals surface area contributed by atoms with Gasteiger partial charge in [-0.2, -0.15) is 0 Å². The maximum absolute atomic E-state index is 13.1. The van der Waals surface area contributed by atoms with Crippen LogP contribution in [0.25, 0.3) is 0 Å². The predicted octanol–water partition coefficient (Wildman–Crippen LogP) is 4.50. The number of hydrogen-bond donors (Lipinski definition) is 0. The fraction of sp³-hybridized carbons (Fsp3) is 0.500. The highest BCUT2D eigenvalue weighted by Gasteiger charge is 2.50. The summed E-state index contributed by atoms with van der Waals surface area (Å²) in [5.41, 5.74) is 0.825. The van der Waals surface area contributed by atoms with Gasteiger partial charge in [0.15, 0.2) is 0 Å². The Bertz CT molecular complexity index is 783. The van der Waals surface area contributed by atoms with Crippen LogP contribution in [0.1, 0.15) is 37.2 Å². The van der Waals surface area contributed by atoms with Gasteiger partial charge in [0.05, 0.1) is 32.7 Å². The third kappa shape index (κ3) is 3.61. The van der Waals surface area contributed by atoms with Gasteiger partial charge in [-0.15, -0.1) is 0 Å². The minimum atomic E-state index is -0.285. The maximum Gasteiger partial charge on any atom is 0.414 e. The monoisotopic (exact) mass is 369 g/mol. The molecular formula is C22H29N2O3+. The van der Waals surface area contributed by atoms with E-state index < -0.39 is 0 Å². The first kappa shape index (κ1) is 18.1. The Balaban J connectivity index is 1.49. The summed E-state index contributed by atoms with van der Waals surface area (Å²) in [5, 5.41) is 0. The molecule has 4 rings (SSSR count). The second kappa shape index (κ2) is 7.04. The van der Waals surface area contributed by atoms with E-state index in [1.54, 1.807) is 4.90 Å². The summed E-state index contributed by atoms with van der Waals surface area (Å²) in [4.78, 5) is 14.8. The normalized spacial score (nSPS) is 26.0. The SMILES string of the molecule is Cc1ccc(CN(C(=O)OC2CC3CCC(C2)[N+]3(C)C)c2ccccc2)o1. The van der Waals surface area contributed by atoms with Crippen molar-refractivity contribution in [3.8, 4) is 0 Å². The van der Waals surface area contributed by atoms with Crippen molar-refractivity contribution in [3.63, 3.8) is 0 Å². The molecule has 2 aliphatic heterocycles. The fourth-order valence-electron chi connectivity index (χ4n) is 4.73. The molecule has 0 spiro atoms. The molecule has 2 unspecified atom stereocenters. The van der Waals surface area contributed by atoms with E-state index in [0.29, 0.717) is 18.6 Å². The molecule has 3 heterocycles. The van der Waals surface area contributed by atoms with Crippen LogP contribution < -0.4 is 4.90 Å². The van der Waals surface area contributed by atoms with Crippen molar-refractivity contribution in [1.82, 2.24) is 0 Å². The summed E-state index contributed by atoms with van der Waals surface area (Å²) in [6, 6.07) is 14.7. The zero-order valence-corrected chi connectivity index (χ0v) is 16.4. The number of aryl methyl sites for hydroxylation is 1. The second-order valence-corrected chi connectivity index (χ2v) is 8.43. The van der Waals surface area contributed by atoms with Gasteiger partial charge in [0.1, 0.15) is 17.6 Å². The quantitative estimate of drug-likeness (QED) is 0.745. The Morgan fingerprint density at radius 1 is 1.11 bits per heavy atom. The largest absolute Gasteiger partial charge is 0.464 e. The molecule has 0 N–H and O–H groups in total. The first-order chi connectivity index (χ1) is 12.9. The van der Waals surface area contributed by atoms with E-state index in [0.717, 1.165) is 34.5 Å². The number of fused-ring (bicyclic) bond motifs is 2. The van der Waals surface area contributed by atoms with E-state index in [-0.39, 0.29) is 12.2 Å². The fourth-order valence-corrected chi connectivity index (χ4v) is 4.73. The van der Waals surface area contributed by atoms with Crippen molar-refractivity contribution >= 4 is 11.8 Å². The topological polar surface area (TPSA) is 42.7 Å². The van der Waals surface area contributed by atoms with E-state index in [9.17, 15) is 4.79 Å². The molecule has 0 saturated carbocycles. The van der Waals surface area contributed by atoms with Crippen LogP contribution in [-0.2, 0) is 11.3 Å². The molecule has 144 valence electrons. The van der Waals surface area contributed by atoms with E-state index >= 15 is 0 Å². The van der Waals surface area contributed by atoms with Crippen LogP contribution in [0.4, 0.5) is 10.5 Å². The summed E-state index contributed by atoms with van der Waals surface area (Å²) >= 11 is 0. The molecule has 0 radical (unpaired) electrons. The minimum absolute atomic E-state index is 0.00528. The van der Waals surface area contributed by atoms with Crippen LogP contribution in [0.15, 0.2) is 46.9 Å². The Labute approximate surface area is 161 Å². The Morgan fingerprint density at radius 3 is 2.37 bits per heavy atom. The Morgan fingerprint density at radius 2 is 1.78 bits per heavy atom. The summed E-state index contributed by atoms with van der Waals surface area (Å²) in [6.07, 6.45) is 4.10. The molecule has 5 nitrogen and oxygen atoms in total. The Hall–Kier alpha value is -2.27. The molecule has 5 heteroatoms. The highest BCUT2D eigenvalue weighted by Crippen LogP contribution is 2.40. The number of benzene rings is 1. The van der Waals surface area contributed by atoms with Crippen LogP contribution in [0, 0.1) is 6.92 Å². The molecule has 2 aromatic rings. The lowest BCUT2D eigenvalue weighted by atomic mass is 9.98. The number of piperidine rings is 1. The van der Waals surface area contributed by atoms with E-state index in [2.05, 4.69) is 14.1 Å². The number of quaternary nitrogens is 1. The van der Waals surface area contributed by atoms with Crippen molar-refractivity contribution < 1.29 is 18.4 Å². The molecule has 1 aromatic carbocycles. The number of anilines is 1. The molecule has 27 heavy (non-hydrogen) atoms.